The van der Waals surface area contributed by atoms with E-state index in [-0.39, 0.29) is 40.9 Å². The molecule has 0 aliphatic heterocycles. The molecule has 10 heteroatoms. The monoisotopic (exact) mass is 620 g/mol. The summed E-state index contributed by atoms with van der Waals surface area (Å²) in [6.45, 7) is 30.0. The van der Waals surface area contributed by atoms with E-state index < -0.39 is 38.6 Å². The highest BCUT2D eigenvalue weighted by molar-refractivity contribution is 7.89. The molecule has 1 rings (SSSR count). The van der Waals surface area contributed by atoms with Crippen molar-refractivity contribution in [3.63, 3.8) is 0 Å². The fourth-order valence-corrected chi connectivity index (χ4v) is 6.97. The van der Waals surface area contributed by atoms with Crippen LogP contribution in [0.2, 0.25) is 37.8 Å². The van der Waals surface area contributed by atoms with Crippen LogP contribution in [-0.4, -0.2) is 71.4 Å². The molecular formula is C31H52N2O5SSi2. The van der Waals surface area contributed by atoms with Crippen molar-refractivity contribution in [3.8, 4) is 11.5 Å². The van der Waals surface area contributed by atoms with Gasteiger partial charge in [0.2, 0.25) is 10.0 Å². The molecule has 0 saturated carbocycles. The highest BCUT2D eigenvalue weighted by Crippen LogP contribution is 2.38. The van der Waals surface area contributed by atoms with Gasteiger partial charge in [-0.25, -0.2) is 13.2 Å². The van der Waals surface area contributed by atoms with Gasteiger partial charge in [0.25, 0.3) is 0 Å². The minimum Gasteiger partial charge on any atom is -0.405 e. The Bertz CT molecular complexity index is 1250. The van der Waals surface area contributed by atoms with Gasteiger partial charge in [-0.1, -0.05) is 76.3 Å². The van der Waals surface area contributed by atoms with Crippen molar-refractivity contribution >= 4 is 32.5 Å². The minimum atomic E-state index is -3.97. The summed E-state index contributed by atoms with van der Waals surface area (Å²) in [5.41, 5.74) is 6.99. The van der Waals surface area contributed by atoms with Crippen LogP contribution < -0.4 is 0 Å². The molecule has 0 aromatic heterocycles. The van der Waals surface area contributed by atoms with Gasteiger partial charge >= 0.3 is 6.09 Å². The SMILES string of the molecule is C=C=C(OC(=O)N(C(C)C)C(C)C)C(CN(CC#C[Si](C)(C)C)S(=O)(=O)c1ccc(C)cc1)O[Si](C)(C)C(C)(C)C. The normalized spacial score (nSPS) is 13.5. The average molecular weight is 621 g/mol. The number of sulfonamides is 1. The number of ether oxygens (including phenoxy) is 1. The van der Waals surface area contributed by atoms with E-state index in [1.807, 2.05) is 34.6 Å². The van der Waals surface area contributed by atoms with Crippen LogP contribution in [0, 0.1) is 18.4 Å². The van der Waals surface area contributed by atoms with Crippen LogP contribution >= 0.6 is 0 Å². The summed E-state index contributed by atoms with van der Waals surface area (Å²) < 4.78 is 41.9. The second-order valence-electron chi connectivity index (χ2n) is 13.5. The number of carbonyl (C=O) groups excluding carboxylic acids is 1. The molecule has 1 atom stereocenters. The lowest BCUT2D eigenvalue weighted by atomic mass is 10.2. The topological polar surface area (TPSA) is 76.2 Å². The Morgan fingerprint density at radius 1 is 1.00 bits per heavy atom. The average Bonchev–Trinajstić information content (AvgIpc) is 2.79. The molecule has 0 spiro atoms. The van der Waals surface area contributed by atoms with Crippen LogP contribution in [0.5, 0.6) is 0 Å². The van der Waals surface area contributed by atoms with E-state index in [1.165, 1.54) is 4.31 Å². The summed E-state index contributed by atoms with van der Waals surface area (Å²) in [6.07, 6.45) is -1.48. The van der Waals surface area contributed by atoms with Crippen molar-refractivity contribution in [2.45, 2.75) is 116 Å². The number of carbonyl (C=O) groups is 1. The van der Waals surface area contributed by atoms with E-state index in [4.69, 9.17) is 9.16 Å². The summed E-state index contributed by atoms with van der Waals surface area (Å²) in [6, 6.07) is 6.52. The Hall–Kier alpha value is -2.13. The number of benzene rings is 1. The Kier molecular flexibility index (Phi) is 12.9. The first-order valence-electron chi connectivity index (χ1n) is 14.2. The van der Waals surface area contributed by atoms with Crippen molar-refractivity contribution in [1.82, 2.24) is 9.21 Å². The van der Waals surface area contributed by atoms with Crippen LogP contribution in [0.25, 0.3) is 0 Å². The second-order valence-corrected chi connectivity index (χ2v) is 25.0. The van der Waals surface area contributed by atoms with Gasteiger partial charge in [0.05, 0.1) is 11.4 Å². The lowest BCUT2D eigenvalue weighted by Crippen LogP contribution is -2.49. The molecule has 1 aromatic carbocycles. The van der Waals surface area contributed by atoms with Crippen molar-refractivity contribution < 1.29 is 22.4 Å². The van der Waals surface area contributed by atoms with Gasteiger partial charge in [-0.3, -0.25) is 0 Å². The summed E-state index contributed by atoms with van der Waals surface area (Å²) in [5, 5.41) is -0.193. The molecule has 230 valence electrons. The zero-order valence-corrected chi connectivity index (χ0v) is 30.3. The number of aryl methyl sites for hydroxylation is 1. The molecule has 0 radical (unpaired) electrons. The number of nitrogens with zero attached hydrogens (tertiary/aromatic N) is 2. The van der Waals surface area contributed by atoms with E-state index in [1.54, 1.807) is 29.2 Å². The third kappa shape index (κ3) is 10.9. The standard InChI is InChI=1S/C31H52N2O5SSi2/c1-15-28(37-30(34)33(24(2)3)25(4)5)29(38-41(13,14)31(7,8)9)23-32(21-16-22-40(10,11)12)39(35,36)27-19-17-26(6)18-20-27/h17-20,24-25,29H,1,21,23H2,2-14H3. The van der Waals surface area contributed by atoms with Crippen molar-refractivity contribution in [1.29, 1.82) is 0 Å². The summed E-state index contributed by atoms with van der Waals surface area (Å²) in [7, 11) is -8.22. The molecule has 7 nitrogen and oxygen atoms in total. The maximum absolute atomic E-state index is 14.0. The fraction of sp³-hybridized carbons (Fsp3) is 0.613. The van der Waals surface area contributed by atoms with Crippen LogP contribution in [0.15, 0.2) is 47.2 Å². The smallest absolute Gasteiger partial charge is 0.405 e. The number of amides is 1. The highest BCUT2D eigenvalue weighted by atomic mass is 32.2. The molecule has 0 heterocycles. The lowest BCUT2D eigenvalue weighted by molar-refractivity contribution is 0.0730. The molecule has 1 amide bonds. The summed E-state index contributed by atoms with van der Waals surface area (Å²) in [4.78, 5) is 15.1. The van der Waals surface area contributed by atoms with Gasteiger partial charge in [0.1, 0.15) is 14.2 Å². The van der Waals surface area contributed by atoms with Gasteiger partial charge in [-0.15, -0.1) is 5.54 Å². The van der Waals surface area contributed by atoms with Crippen molar-refractivity contribution in [2.24, 2.45) is 0 Å². The summed E-state index contributed by atoms with van der Waals surface area (Å²) >= 11 is 0. The predicted octanol–water partition coefficient (Wildman–Crippen LogP) is 7.18. The van der Waals surface area contributed by atoms with Crippen LogP contribution in [0.1, 0.15) is 54.0 Å². The lowest BCUT2D eigenvalue weighted by Gasteiger charge is -2.40. The molecule has 0 N–H and O–H groups in total. The number of hydrogen-bond acceptors (Lipinski definition) is 5. The van der Waals surface area contributed by atoms with E-state index in [0.717, 1.165) is 5.56 Å². The van der Waals surface area contributed by atoms with Gasteiger partial charge < -0.3 is 14.1 Å². The van der Waals surface area contributed by atoms with Gasteiger partial charge in [0, 0.05) is 18.6 Å². The Labute approximate surface area is 252 Å². The third-order valence-electron chi connectivity index (χ3n) is 6.98. The molecule has 1 aromatic rings. The Morgan fingerprint density at radius 3 is 1.93 bits per heavy atom. The molecule has 0 fully saturated rings. The van der Waals surface area contributed by atoms with Crippen LogP contribution in [0.4, 0.5) is 4.79 Å². The molecule has 0 saturated heterocycles. The van der Waals surface area contributed by atoms with E-state index in [9.17, 15) is 13.2 Å². The van der Waals surface area contributed by atoms with Crippen molar-refractivity contribution in [2.75, 3.05) is 13.1 Å². The van der Waals surface area contributed by atoms with E-state index >= 15 is 0 Å². The zero-order valence-electron chi connectivity index (χ0n) is 27.5. The van der Waals surface area contributed by atoms with Crippen LogP contribution in [-0.2, 0) is 19.2 Å². The predicted molar refractivity (Wildman–Crippen MR) is 174 cm³/mol. The summed E-state index contributed by atoms with van der Waals surface area (Å²) in [5.74, 6) is 3.17. The maximum Gasteiger partial charge on any atom is 0.416 e. The molecule has 0 aliphatic carbocycles. The molecule has 1 unspecified atom stereocenters. The molecule has 0 aliphatic rings. The number of hydrogen-bond donors (Lipinski definition) is 0. The molecule has 0 bridgehead atoms. The first-order chi connectivity index (χ1) is 18.5. The Morgan fingerprint density at radius 2 is 1.51 bits per heavy atom. The molecular weight excluding hydrogens is 569 g/mol. The minimum absolute atomic E-state index is 0.0275. The van der Waals surface area contributed by atoms with Gasteiger partial charge in [-0.2, -0.15) is 4.31 Å². The van der Waals surface area contributed by atoms with Gasteiger partial charge in [0.15, 0.2) is 14.1 Å². The van der Waals surface area contributed by atoms with E-state index in [0.29, 0.717) is 0 Å². The largest absolute Gasteiger partial charge is 0.416 e. The maximum atomic E-state index is 14.0. The quantitative estimate of drug-likeness (QED) is 0.113. The Balaban J connectivity index is 3.70. The van der Waals surface area contributed by atoms with Gasteiger partial charge in [-0.05, 0) is 64.9 Å². The number of rotatable bonds is 11. The first kappa shape index (κ1) is 36.9. The first-order valence-corrected chi connectivity index (χ1v) is 22.0. The van der Waals surface area contributed by atoms with Crippen molar-refractivity contribution in [3.05, 3.63) is 47.9 Å². The zero-order chi connectivity index (χ0) is 32.0. The van der Waals surface area contributed by atoms with Crippen LogP contribution in [0.3, 0.4) is 0 Å². The van der Waals surface area contributed by atoms with E-state index in [2.05, 4.69) is 77.3 Å². The third-order valence-corrected chi connectivity index (χ3v) is 14.2. The fourth-order valence-electron chi connectivity index (χ4n) is 3.77. The molecule has 41 heavy (non-hydrogen) atoms. The highest BCUT2D eigenvalue weighted by Gasteiger charge is 2.42. The second kappa shape index (κ2) is 14.4.